The molecule has 2 unspecified atom stereocenters. The molecular weight excluding hydrogens is 224 g/mol. The van der Waals surface area contributed by atoms with Gasteiger partial charge < -0.3 is 0 Å². The molecule has 0 radical (unpaired) electrons. The van der Waals surface area contributed by atoms with Gasteiger partial charge in [-0.15, -0.1) is 0 Å². The zero-order valence-electron chi connectivity index (χ0n) is 10.5. The minimum absolute atomic E-state index is 0.0603. The van der Waals surface area contributed by atoms with E-state index in [1.54, 1.807) is 19.1 Å². The summed E-state index contributed by atoms with van der Waals surface area (Å²) in [6, 6.07) is 7.39. The molecule has 3 rings (SSSR count). The van der Waals surface area contributed by atoms with Gasteiger partial charge in [-0.2, -0.15) is 0 Å². The summed E-state index contributed by atoms with van der Waals surface area (Å²) in [6.45, 7) is 1.55. The van der Waals surface area contributed by atoms with E-state index >= 15 is 0 Å². The third-order valence-corrected chi connectivity index (χ3v) is 4.15. The van der Waals surface area contributed by atoms with E-state index in [4.69, 9.17) is 0 Å². The van der Waals surface area contributed by atoms with Crippen LogP contribution >= 0.6 is 0 Å². The van der Waals surface area contributed by atoms with Crippen LogP contribution in [0.4, 0.5) is 0 Å². The average Bonchev–Trinajstić information content (AvgIpc) is 2.93. The molecule has 1 aromatic rings. The lowest BCUT2D eigenvalue weighted by Gasteiger charge is -2.06. The lowest BCUT2D eigenvalue weighted by molar-refractivity contribution is -0.117. The van der Waals surface area contributed by atoms with Gasteiger partial charge in [0.25, 0.3) is 0 Å². The highest BCUT2D eigenvalue weighted by Gasteiger charge is 2.38. The first-order valence-electron chi connectivity index (χ1n) is 6.54. The van der Waals surface area contributed by atoms with Crippen LogP contribution in [0.5, 0.6) is 0 Å². The van der Waals surface area contributed by atoms with E-state index in [9.17, 15) is 9.59 Å². The van der Waals surface area contributed by atoms with Crippen molar-refractivity contribution >= 4 is 17.1 Å². The van der Waals surface area contributed by atoms with Gasteiger partial charge in [-0.05, 0) is 31.2 Å². The molecule has 92 valence electrons. The fourth-order valence-electron chi connectivity index (χ4n) is 3.13. The van der Waals surface area contributed by atoms with Crippen molar-refractivity contribution in [2.24, 2.45) is 11.8 Å². The second-order valence-corrected chi connectivity index (χ2v) is 5.28. The Kier molecular flexibility index (Phi) is 2.66. The zero-order chi connectivity index (χ0) is 12.7. The molecule has 2 aliphatic rings. The highest BCUT2D eigenvalue weighted by molar-refractivity contribution is 6.24. The summed E-state index contributed by atoms with van der Waals surface area (Å²) in [7, 11) is 0. The van der Waals surface area contributed by atoms with Gasteiger partial charge >= 0.3 is 0 Å². The van der Waals surface area contributed by atoms with E-state index in [2.05, 4.69) is 6.08 Å². The number of Topliss-reactive ketones (excluding diaryl/α,β-unsaturated/α-hetero) is 2. The quantitative estimate of drug-likeness (QED) is 0.743. The molecule has 0 spiro atoms. The van der Waals surface area contributed by atoms with Crippen molar-refractivity contribution in [3.63, 3.8) is 0 Å². The smallest absolute Gasteiger partial charge is 0.166 e. The fraction of sp³-hybridized carbons (Fsp3) is 0.375. The monoisotopic (exact) mass is 240 g/mol. The summed E-state index contributed by atoms with van der Waals surface area (Å²) in [5, 5.41) is 0. The molecule has 0 saturated heterocycles. The first-order valence-corrected chi connectivity index (χ1v) is 6.54. The minimum atomic E-state index is 0.0603. The van der Waals surface area contributed by atoms with Crippen LogP contribution in [-0.2, 0) is 4.79 Å². The Morgan fingerprint density at radius 3 is 2.50 bits per heavy atom. The lowest BCUT2D eigenvalue weighted by Crippen LogP contribution is -2.11. The second-order valence-electron chi connectivity index (χ2n) is 5.28. The largest absolute Gasteiger partial charge is 0.295 e. The van der Waals surface area contributed by atoms with E-state index in [0.717, 1.165) is 24.0 Å². The van der Waals surface area contributed by atoms with Crippen LogP contribution in [0.2, 0.25) is 0 Å². The first kappa shape index (κ1) is 11.4. The van der Waals surface area contributed by atoms with Crippen LogP contribution in [0.3, 0.4) is 0 Å². The summed E-state index contributed by atoms with van der Waals surface area (Å²) in [5.74, 6) is 1.05. The summed E-state index contributed by atoms with van der Waals surface area (Å²) < 4.78 is 0. The van der Waals surface area contributed by atoms with Gasteiger partial charge in [-0.1, -0.05) is 36.8 Å². The van der Waals surface area contributed by atoms with Gasteiger partial charge in [0.15, 0.2) is 11.6 Å². The second kappa shape index (κ2) is 4.20. The number of carbonyl (C=O) groups excluding carboxylic acids is 2. The summed E-state index contributed by atoms with van der Waals surface area (Å²) in [6.07, 6.45) is 5.50. The average molecular weight is 240 g/mol. The number of allylic oxidation sites excluding steroid dienone is 2. The lowest BCUT2D eigenvalue weighted by atomic mass is 9.96. The molecule has 0 aromatic heterocycles. The number of fused-ring (bicyclic) bond motifs is 1. The standard InChI is InChI=1S/C16H16O2/c1-10(17)11-5-7-12(8-6-11)15-9-13-3-2-4-14(13)16(15)18/h5-9,13-14H,2-4H2,1H3. The maximum atomic E-state index is 12.3. The third-order valence-electron chi connectivity index (χ3n) is 4.15. The topological polar surface area (TPSA) is 34.1 Å². The van der Waals surface area contributed by atoms with Crippen molar-refractivity contribution in [3.8, 4) is 0 Å². The Morgan fingerprint density at radius 1 is 1.17 bits per heavy atom. The van der Waals surface area contributed by atoms with Crippen molar-refractivity contribution < 1.29 is 9.59 Å². The maximum absolute atomic E-state index is 12.3. The van der Waals surface area contributed by atoms with Crippen LogP contribution in [0, 0.1) is 11.8 Å². The van der Waals surface area contributed by atoms with Crippen molar-refractivity contribution in [3.05, 3.63) is 41.5 Å². The molecule has 2 heteroatoms. The normalized spacial score (nSPS) is 26.1. The predicted octanol–water partition coefficient (Wildman–Crippen LogP) is 3.27. The van der Waals surface area contributed by atoms with Gasteiger partial charge in [-0.3, -0.25) is 9.59 Å². The molecule has 18 heavy (non-hydrogen) atoms. The Morgan fingerprint density at radius 2 is 1.89 bits per heavy atom. The Labute approximate surface area is 107 Å². The van der Waals surface area contributed by atoms with E-state index < -0.39 is 0 Å². The van der Waals surface area contributed by atoms with Gasteiger partial charge in [0.05, 0.1) is 0 Å². The van der Waals surface area contributed by atoms with Crippen LogP contribution in [-0.4, -0.2) is 11.6 Å². The molecule has 0 bridgehead atoms. The molecule has 2 atom stereocenters. The van der Waals surface area contributed by atoms with Crippen LogP contribution in [0.25, 0.3) is 5.57 Å². The SMILES string of the molecule is CC(=O)c1ccc(C2=CC3CCCC3C2=O)cc1. The van der Waals surface area contributed by atoms with E-state index in [-0.39, 0.29) is 11.7 Å². The molecule has 1 saturated carbocycles. The molecule has 0 amide bonds. The Balaban J connectivity index is 1.91. The first-order chi connectivity index (χ1) is 8.66. The van der Waals surface area contributed by atoms with Crippen LogP contribution < -0.4 is 0 Å². The number of carbonyl (C=O) groups is 2. The van der Waals surface area contributed by atoms with E-state index in [1.165, 1.54) is 6.42 Å². The Hall–Kier alpha value is -1.70. The van der Waals surface area contributed by atoms with Crippen molar-refractivity contribution in [1.82, 2.24) is 0 Å². The van der Waals surface area contributed by atoms with E-state index in [1.807, 2.05) is 12.1 Å². The molecule has 0 heterocycles. The number of hydrogen-bond acceptors (Lipinski definition) is 2. The summed E-state index contributed by atoms with van der Waals surface area (Å²) in [5.41, 5.74) is 2.52. The van der Waals surface area contributed by atoms with Crippen molar-refractivity contribution in [1.29, 1.82) is 0 Å². The van der Waals surface area contributed by atoms with Gasteiger partial charge in [0.2, 0.25) is 0 Å². The van der Waals surface area contributed by atoms with Gasteiger partial charge in [-0.25, -0.2) is 0 Å². The van der Waals surface area contributed by atoms with Gasteiger partial charge in [0, 0.05) is 17.1 Å². The molecule has 1 aromatic carbocycles. The van der Waals surface area contributed by atoms with Crippen LogP contribution in [0.15, 0.2) is 30.3 Å². The molecule has 2 aliphatic carbocycles. The molecule has 2 nitrogen and oxygen atoms in total. The third kappa shape index (κ3) is 1.72. The molecule has 0 N–H and O–H groups in total. The number of hydrogen-bond donors (Lipinski definition) is 0. The fourth-order valence-corrected chi connectivity index (χ4v) is 3.13. The highest BCUT2D eigenvalue weighted by Crippen LogP contribution is 2.43. The zero-order valence-corrected chi connectivity index (χ0v) is 10.5. The molecular formula is C16H16O2. The van der Waals surface area contributed by atoms with Crippen molar-refractivity contribution in [2.75, 3.05) is 0 Å². The van der Waals surface area contributed by atoms with Gasteiger partial charge in [0.1, 0.15) is 0 Å². The number of rotatable bonds is 2. The maximum Gasteiger partial charge on any atom is 0.166 e. The molecule has 1 fully saturated rings. The summed E-state index contributed by atoms with van der Waals surface area (Å²) in [4.78, 5) is 23.5. The van der Waals surface area contributed by atoms with Crippen molar-refractivity contribution in [2.45, 2.75) is 26.2 Å². The van der Waals surface area contributed by atoms with Crippen LogP contribution in [0.1, 0.15) is 42.1 Å². The Bertz CT molecular complexity index is 537. The van der Waals surface area contributed by atoms with E-state index in [0.29, 0.717) is 17.3 Å². The number of benzene rings is 1. The predicted molar refractivity (Wildman–Crippen MR) is 70.3 cm³/mol. The summed E-state index contributed by atoms with van der Waals surface area (Å²) >= 11 is 0. The minimum Gasteiger partial charge on any atom is -0.295 e. The molecule has 0 aliphatic heterocycles. The number of ketones is 2. The highest BCUT2D eigenvalue weighted by atomic mass is 16.1.